The molecular weight excluding hydrogens is 453 g/mol. The largest absolute Gasteiger partial charge is 0.416 e. The summed E-state index contributed by atoms with van der Waals surface area (Å²) in [7, 11) is 1.43. The van der Waals surface area contributed by atoms with Crippen LogP contribution in [0.15, 0.2) is 64.2 Å². The lowest BCUT2D eigenvalue weighted by Crippen LogP contribution is -2.41. The molecule has 180 valence electrons. The van der Waals surface area contributed by atoms with Crippen molar-refractivity contribution in [3.05, 3.63) is 92.1 Å². The first-order valence-corrected chi connectivity index (χ1v) is 10.2. The van der Waals surface area contributed by atoms with Crippen LogP contribution >= 0.6 is 0 Å². The van der Waals surface area contributed by atoms with Crippen LogP contribution in [0.25, 0.3) is 0 Å². The van der Waals surface area contributed by atoms with Gasteiger partial charge in [-0.1, -0.05) is 42.5 Å². The van der Waals surface area contributed by atoms with Gasteiger partial charge in [0.15, 0.2) is 5.69 Å². The number of nitrogens with two attached hydrogens (primary N) is 1. The molecule has 0 radical (unpaired) electrons. The number of benzene rings is 2. The van der Waals surface area contributed by atoms with E-state index in [1.54, 1.807) is 30.3 Å². The molecule has 0 spiro atoms. The molecule has 3 rings (SSSR count). The van der Waals surface area contributed by atoms with Crippen molar-refractivity contribution in [2.24, 2.45) is 0 Å². The van der Waals surface area contributed by atoms with Crippen LogP contribution in [0.3, 0.4) is 0 Å². The molecule has 1 aromatic heterocycles. The van der Waals surface area contributed by atoms with Crippen molar-refractivity contribution in [2.45, 2.75) is 25.7 Å². The molecule has 8 nitrogen and oxygen atoms in total. The van der Waals surface area contributed by atoms with Gasteiger partial charge < -0.3 is 10.5 Å². The molecule has 0 unspecified atom stereocenters. The Morgan fingerprint density at radius 2 is 1.71 bits per heavy atom. The number of alkyl halides is 3. The van der Waals surface area contributed by atoms with Crippen LogP contribution in [0, 0.1) is 0 Å². The lowest BCUT2D eigenvalue weighted by molar-refractivity contribution is -0.137. The van der Waals surface area contributed by atoms with Crippen LogP contribution in [0.1, 0.15) is 16.7 Å². The summed E-state index contributed by atoms with van der Waals surface area (Å²) in [6.07, 6.45) is -4.79. The molecular formula is C23H23F3N4O4. The zero-order valence-electron chi connectivity index (χ0n) is 18.3. The minimum Gasteiger partial charge on any atom is -0.383 e. The molecule has 0 bridgehead atoms. The second-order valence-corrected chi connectivity index (χ2v) is 7.47. The fourth-order valence-electron chi connectivity index (χ4n) is 3.38. The van der Waals surface area contributed by atoms with Crippen LogP contribution in [0.5, 0.6) is 0 Å². The van der Waals surface area contributed by atoms with E-state index < -0.39 is 28.9 Å². The number of nitrogens with zero attached hydrogens (tertiary/aromatic N) is 2. The molecule has 0 fully saturated rings. The van der Waals surface area contributed by atoms with Gasteiger partial charge in [0, 0.05) is 7.11 Å². The Morgan fingerprint density at radius 3 is 2.29 bits per heavy atom. The van der Waals surface area contributed by atoms with E-state index in [0.29, 0.717) is 11.1 Å². The summed E-state index contributed by atoms with van der Waals surface area (Å²) in [4.78, 5) is 41.6. The van der Waals surface area contributed by atoms with E-state index in [-0.39, 0.29) is 37.6 Å². The van der Waals surface area contributed by atoms with Crippen LogP contribution in [0.4, 0.5) is 24.7 Å². The van der Waals surface area contributed by atoms with Gasteiger partial charge in [-0.25, -0.2) is 4.79 Å². The van der Waals surface area contributed by atoms with Crippen LogP contribution in [-0.2, 0) is 35.2 Å². The number of hydrogen-bond donors (Lipinski definition) is 2. The van der Waals surface area contributed by atoms with Crippen molar-refractivity contribution in [1.82, 2.24) is 9.55 Å². The van der Waals surface area contributed by atoms with Gasteiger partial charge in [0.1, 0.15) is 5.82 Å². The number of rotatable bonds is 8. The quantitative estimate of drug-likeness (QED) is 0.519. The number of anilines is 2. The summed E-state index contributed by atoms with van der Waals surface area (Å²) in [5.74, 6) is -0.805. The summed E-state index contributed by atoms with van der Waals surface area (Å²) in [5, 5.41) is 0. The molecule has 0 atom stereocenters. The van der Waals surface area contributed by atoms with E-state index >= 15 is 0 Å². The highest BCUT2D eigenvalue weighted by Crippen LogP contribution is 2.29. The van der Waals surface area contributed by atoms with Crippen molar-refractivity contribution in [1.29, 1.82) is 0 Å². The van der Waals surface area contributed by atoms with Gasteiger partial charge in [0.2, 0.25) is 5.91 Å². The van der Waals surface area contributed by atoms with Crippen molar-refractivity contribution >= 4 is 17.4 Å². The highest BCUT2D eigenvalue weighted by atomic mass is 19.4. The average molecular weight is 476 g/mol. The Kier molecular flexibility index (Phi) is 7.57. The van der Waals surface area contributed by atoms with E-state index in [2.05, 4.69) is 4.98 Å². The van der Waals surface area contributed by atoms with Crippen LogP contribution in [0.2, 0.25) is 0 Å². The van der Waals surface area contributed by atoms with Crippen molar-refractivity contribution in [3.63, 3.8) is 0 Å². The van der Waals surface area contributed by atoms with E-state index in [0.717, 1.165) is 21.6 Å². The van der Waals surface area contributed by atoms with E-state index in [4.69, 9.17) is 10.5 Å². The maximum atomic E-state index is 13.3. The van der Waals surface area contributed by atoms with Crippen LogP contribution in [-0.4, -0.2) is 29.2 Å². The Balaban J connectivity index is 2.02. The Hall–Kier alpha value is -3.86. The minimum atomic E-state index is -4.50. The number of amides is 1. The molecule has 1 heterocycles. The fraction of sp³-hybridized carbons (Fsp3) is 0.261. The number of ether oxygens (including phenoxy) is 1. The van der Waals surface area contributed by atoms with Gasteiger partial charge in [-0.05, 0) is 23.3 Å². The first kappa shape index (κ1) is 24.8. The molecule has 0 saturated heterocycles. The van der Waals surface area contributed by atoms with E-state index in [9.17, 15) is 27.6 Å². The van der Waals surface area contributed by atoms with Crippen molar-refractivity contribution in [3.8, 4) is 0 Å². The smallest absolute Gasteiger partial charge is 0.383 e. The predicted octanol–water partition coefficient (Wildman–Crippen LogP) is 2.56. The Labute approximate surface area is 192 Å². The van der Waals surface area contributed by atoms with Gasteiger partial charge in [0.25, 0.3) is 5.56 Å². The second-order valence-electron chi connectivity index (χ2n) is 7.47. The lowest BCUT2D eigenvalue weighted by atomic mass is 10.1. The number of carbonyl (C=O) groups excluding carboxylic acids is 1. The number of nitrogens with one attached hydrogen (secondary N) is 1. The number of nitrogen functional groups attached to an aromatic ring is 1. The molecule has 1 amide bonds. The maximum absolute atomic E-state index is 13.3. The predicted molar refractivity (Wildman–Crippen MR) is 120 cm³/mol. The maximum Gasteiger partial charge on any atom is 0.416 e. The zero-order chi connectivity index (χ0) is 24.9. The molecule has 0 aliphatic heterocycles. The topological polar surface area (TPSA) is 110 Å². The molecule has 0 aliphatic carbocycles. The number of carbonyl (C=O) groups is 1. The molecule has 34 heavy (non-hydrogen) atoms. The van der Waals surface area contributed by atoms with Gasteiger partial charge in [-0.3, -0.25) is 24.0 Å². The number of H-pyrrole nitrogens is 1. The normalized spacial score (nSPS) is 11.4. The summed E-state index contributed by atoms with van der Waals surface area (Å²) in [6.45, 7) is 0.126. The standard InChI is InChI=1S/C23H23F3N4O4/c1-34-12-11-29-20(27)19(21(32)28-22(29)33)30(14-16-5-3-2-4-6-16)18(31)13-15-7-9-17(10-8-15)23(24,25)26/h2-10H,11-14,27H2,1H3,(H,28,32,33). The third kappa shape index (κ3) is 5.73. The van der Waals surface area contributed by atoms with Crippen molar-refractivity contribution < 1.29 is 22.7 Å². The summed E-state index contributed by atoms with van der Waals surface area (Å²) < 4.78 is 44.6. The number of hydrogen-bond acceptors (Lipinski definition) is 5. The minimum absolute atomic E-state index is 0.0389. The molecule has 3 N–H and O–H groups in total. The van der Waals surface area contributed by atoms with Gasteiger partial charge in [-0.15, -0.1) is 0 Å². The van der Waals surface area contributed by atoms with Crippen molar-refractivity contribution in [2.75, 3.05) is 24.4 Å². The highest BCUT2D eigenvalue weighted by Gasteiger charge is 2.30. The Bertz CT molecular complexity index is 1250. The van der Waals surface area contributed by atoms with Gasteiger partial charge in [-0.2, -0.15) is 13.2 Å². The van der Waals surface area contributed by atoms with E-state index in [1.165, 1.54) is 19.2 Å². The molecule has 11 heteroatoms. The van der Waals surface area contributed by atoms with Gasteiger partial charge >= 0.3 is 11.9 Å². The SMILES string of the molecule is COCCn1c(N)c(N(Cc2ccccc2)C(=O)Cc2ccc(C(F)(F)F)cc2)c(=O)[nH]c1=O. The lowest BCUT2D eigenvalue weighted by Gasteiger charge is -2.25. The average Bonchev–Trinajstić information content (AvgIpc) is 2.78. The number of methoxy groups -OCH3 is 1. The first-order chi connectivity index (χ1) is 16.1. The van der Waals surface area contributed by atoms with Gasteiger partial charge in [0.05, 0.1) is 31.7 Å². The first-order valence-electron chi connectivity index (χ1n) is 10.2. The third-order valence-corrected chi connectivity index (χ3v) is 5.12. The number of aromatic amines is 1. The Morgan fingerprint density at radius 1 is 1.06 bits per heavy atom. The second kappa shape index (κ2) is 10.4. The molecule has 3 aromatic rings. The molecule has 2 aromatic carbocycles. The monoisotopic (exact) mass is 476 g/mol. The number of aromatic nitrogens is 2. The summed E-state index contributed by atoms with van der Waals surface area (Å²) in [5.41, 5.74) is 4.48. The van der Waals surface area contributed by atoms with Crippen LogP contribution < -0.4 is 21.9 Å². The molecule has 0 saturated carbocycles. The third-order valence-electron chi connectivity index (χ3n) is 5.12. The summed E-state index contributed by atoms with van der Waals surface area (Å²) >= 11 is 0. The summed E-state index contributed by atoms with van der Waals surface area (Å²) in [6, 6.07) is 12.9. The fourth-order valence-corrected chi connectivity index (χ4v) is 3.38. The zero-order valence-corrected chi connectivity index (χ0v) is 18.3. The van der Waals surface area contributed by atoms with E-state index in [1.807, 2.05) is 0 Å². The number of halogens is 3. The molecule has 0 aliphatic rings. The highest BCUT2D eigenvalue weighted by molar-refractivity contribution is 5.96.